The number of nitro groups is 1. The molecule has 0 spiro atoms. The van der Waals surface area contributed by atoms with Crippen molar-refractivity contribution in [3.05, 3.63) is 64.5 Å². The fourth-order valence-corrected chi connectivity index (χ4v) is 2.23. The maximum absolute atomic E-state index is 12.7. The third-order valence-electron chi connectivity index (χ3n) is 3.39. The Morgan fingerprint density at radius 3 is 2.76 bits per heavy atom. The molecule has 0 aliphatic rings. The Morgan fingerprint density at radius 1 is 1.28 bits per heavy atom. The molecular weight excluding hydrogens is 328 g/mol. The molecular formula is C15H12N6O4. The fraction of sp³-hybridized carbons (Fsp3) is 0.0667. The Hall–Kier alpha value is -3.82. The first-order valence-electron chi connectivity index (χ1n) is 7.06. The summed E-state index contributed by atoms with van der Waals surface area (Å²) in [6, 6.07) is 10.6. The number of nitro benzene ring substituents is 1. The van der Waals surface area contributed by atoms with Gasteiger partial charge in [-0.3, -0.25) is 14.9 Å². The van der Waals surface area contributed by atoms with Gasteiger partial charge >= 0.3 is 0 Å². The van der Waals surface area contributed by atoms with Crippen molar-refractivity contribution in [3.63, 3.8) is 0 Å². The van der Waals surface area contributed by atoms with Crippen molar-refractivity contribution >= 4 is 17.3 Å². The van der Waals surface area contributed by atoms with E-state index in [1.54, 1.807) is 24.3 Å². The van der Waals surface area contributed by atoms with Crippen LogP contribution in [0, 0.1) is 10.1 Å². The van der Waals surface area contributed by atoms with E-state index in [9.17, 15) is 14.9 Å². The topological polar surface area (TPSA) is 125 Å². The van der Waals surface area contributed by atoms with Crippen LogP contribution in [0.3, 0.4) is 0 Å². The van der Waals surface area contributed by atoms with E-state index in [0.717, 1.165) is 0 Å². The Bertz CT molecular complexity index is 926. The van der Waals surface area contributed by atoms with Crippen molar-refractivity contribution in [3.8, 4) is 11.4 Å². The summed E-state index contributed by atoms with van der Waals surface area (Å²) in [5, 5.41) is 24.4. The first kappa shape index (κ1) is 16.1. The number of carbonyl (C=O) groups is 1. The molecule has 0 aliphatic heterocycles. The minimum absolute atomic E-state index is 0.162. The van der Waals surface area contributed by atoms with Gasteiger partial charge in [-0.1, -0.05) is 12.1 Å². The van der Waals surface area contributed by atoms with Crippen LogP contribution in [0.2, 0.25) is 0 Å². The summed E-state index contributed by atoms with van der Waals surface area (Å²) in [5.74, 6) is -0.177. The number of aromatic nitrogens is 4. The predicted molar refractivity (Wildman–Crippen MR) is 86.8 cm³/mol. The fourth-order valence-electron chi connectivity index (χ4n) is 2.23. The quantitative estimate of drug-likeness (QED) is 0.555. The third kappa shape index (κ3) is 3.27. The van der Waals surface area contributed by atoms with Gasteiger partial charge in [-0.25, -0.2) is 0 Å². The number of nitrogens with zero attached hydrogens (tertiary/aromatic N) is 5. The number of methoxy groups -OCH3 is 1. The monoisotopic (exact) mass is 340 g/mol. The normalized spacial score (nSPS) is 10.3. The highest BCUT2D eigenvalue weighted by Crippen LogP contribution is 2.29. The molecule has 10 heteroatoms. The van der Waals surface area contributed by atoms with E-state index in [1.165, 1.54) is 36.3 Å². The highest BCUT2D eigenvalue weighted by Gasteiger charge is 2.17. The molecule has 0 saturated carbocycles. The van der Waals surface area contributed by atoms with Gasteiger partial charge < -0.3 is 10.1 Å². The molecule has 126 valence electrons. The summed E-state index contributed by atoms with van der Waals surface area (Å²) in [4.78, 5) is 23.1. The van der Waals surface area contributed by atoms with Crippen LogP contribution in [0.5, 0.6) is 5.75 Å². The van der Waals surface area contributed by atoms with Crippen LogP contribution < -0.4 is 10.1 Å². The molecule has 2 aromatic carbocycles. The molecule has 0 bridgehead atoms. The zero-order chi connectivity index (χ0) is 17.8. The molecule has 0 aliphatic carbocycles. The van der Waals surface area contributed by atoms with Crippen molar-refractivity contribution in [1.29, 1.82) is 0 Å². The number of rotatable bonds is 5. The second-order valence-corrected chi connectivity index (χ2v) is 4.87. The van der Waals surface area contributed by atoms with Crippen molar-refractivity contribution in [2.75, 3.05) is 12.4 Å². The molecule has 0 atom stereocenters. The van der Waals surface area contributed by atoms with E-state index in [0.29, 0.717) is 17.0 Å². The van der Waals surface area contributed by atoms with Crippen LogP contribution in [0.1, 0.15) is 10.4 Å². The summed E-state index contributed by atoms with van der Waals surface area (Å²) in [6.45, 7) is 0. The molecule has 3 aromatic rings. The highest BCUT2D eigenvalue weighted by molar-refractivity contribution is 6.07. The summed E-state index contributed by atoms with van der Waals surface area (Å²) in [7, 11) is 1.41. The third-order valence-corrected chi connectivity index (χ3v) is 3.39. The van der Waals surface area contributed by atoms with Gasteiger partial charge in [-0.2, -0.15) is 4.68 Å². The number of hydrogen-bond donors (Lipinski definition) is 1. The lowest BCUT2D eigenvalue weighted by Crippen LogP contribution is -2.16. The van der Waals surface area contributed by atoms with Gasteiger partial charge in [0.15, 0.2) is 0 Å². The lowest BCUT2D eigenvalue weighted by Gasteiger charge is -2.12. The number of amides is 1. The van der Waals surface area contributed by atoms with Crippen LogP contribution in [0.25, 0.3) is 5.69 Å². The second-order valence-electron chi connectivity index (χ2n) is 4.87. The summed E-state index contributed by atoms with van der Waals surface area (Å²) in [6.07, 6.45) is 1.36. The zero-order valence-corrected chi connectivity index (χ0v) is 13.0. The molecule has 25 heavy (non-hydrogen) atoms. The van der Waals surface area contributed by atoms with E-state index in [2.05, 4.69) is 20.8 Å². The van der Waals surface area contributed by atoms with Crippen LogP contribution in [0.15, 0.2) is 48.8 Å². The lowest BCUT2D eigenvalue weighted by molar-refractivity contribution is -0.384. The van der Waals surface area contributed by atoms with Gasteiger partial charge in [0.25, 0.3) is 11.6 Å². The average molecular weight is 340 g/mol. The van der Waals surface area contributed by atoms with Gasteiger partial charge in [-0.15, -0.1) is 5.10 Å². The molecule has 0 radical (unpaired) electrons. The minimum atomic E-state index is -0.551. The molecule has 10 nitrogen and oxygen atoms in total. The van der Waals surface area contributed by atoms with E-state index in [4.69, 9.17) is 4.74 Å². The summed E-state index contributed by atoms with van der Waals surface area (Å²) < 4.78 is 6.49. The smallest absolute Gasteiger partial charge is 0.271 e. The molecule has 1 amide bonds. The first-order chi connectivity index (χ1) is 12.1. The van der Waals surface area contributed by atoms with Gasteiger partial charge in [-0.05, 0) is 28.6 Å². The molecule has 3 rings (SSSR count). The Balaban J connectivity index is 1.96. The number of ether oxygens (including phenoxy) is 1. The number of tetrazole rings is 1. The average Bonchev–Trinajstić information content (AvgIpc) is 3.16. The Labute approximate surface area is 141 Å². The molecule has 0 fully saturated rings. The summed E-state index contributed by atoms with van der Waals surface area (Å²) >= 11 is 0. The van der Waals surface area contributed by atoms with Crippen LogP contribution in [-0.4, -0.2) is 38.1 Å². The van der Waals surface area contributed by atoms with Gasteiger partial charge in [0.1, 0.15) is 12.1 Å². The summed E-state index contributed by atoms with van der Waals surface area (Å²) in [5.41, 5.74) is 0.788. The number of nitrogens with one attached hydrogen (secondary N) is 1. The van der Waals surface area contributed by atoms with Gasteiger partial charge in [0.05, 0.1) is 29.0 Å². The maximum Gasteiger partial charge on any atom is 0.271 e. The molecule has 0 saturated heterocycles. The largest absolute Gasteiger partial charge is 0.495 e. The number of anilines is 1. The molecule has 0 unspecified atom stereocenters. The molecule has 1 heterocycles. The number of carbonyl (C=O) groups excluding carboxylic acids is 1. The molecule has 1 aromatic heterocycles. The van der Waals surface area contributed by atoms with E-state index >= 15 is 0 Å². The lowest BCUT2D eigenvalue weighted by atomic mass is 10.1. The van der Waals surface area contributed by atoms with E-state index in [1.807, 2.05) is 0 Å². The zero-order valence-electron chi connectivity index (χ0n) is 13.0. The predicted octanol–water partition coefficient (Wildman–Crippen LogP) is 1.83. The molecule has 1 N–H and O–H groups in total. The Kier molecular flexibility index (Phi) is 4.33. The van der Waals surface area contributed by atoms with Crippen molar-refractivity contribution < 1.29 is 14.5 Å². The van der Waals surface area contributed by atoms with E-state index < -0.39 is 10.8 Å². The van der Waals surface area contributed by atoms with Crippen molar-refractivity contribution in [2.45, 2.75) is 0 Å². The van der Waals surface area contributed by atoms with Gasteiger partial charge in [0.2, 0.25) is 0 Å². The SMILES string of the molecule is COc1ccc([N+](=O)[O-])cc1NC(=O)c1ccccc1-n1cnnn1. The van der Waals surface area contributed by atoms with Crippen LogP contribution >= 0.6 is 0 Å². The first-order valence-corrected chi connectivity index (χ1v) is 7.06. The van der Waals surface area contributed by atoms with Crippen molar-refractivity contribution in [2.24, 2.45) is 0 Å². The van der Waals surface area contributed by atoms with E-state index in [-0.39, 0.29) is 11.4 Å². The Morgan fingerprint density at radius 2 is 2.08 bits per heavy atom. The maximum atomic E-state index is 12.7. The number of benzene rings is 2. The van der Waals surface area contributed by atoms with Crippen molar-refractivity contribution in [1.82, 2.24) is 20.2 Å². The minimum Gasteiger partial charge on any atom is -0.495 e. The second kappa shape index (κ2) is 6.74. The van der Waals surface area contributed by atoms with Gasteiger partial charge in [0, 0.05) is 12.1 Å². The van der Waals surface area contributed by atoms with Crippen LogP contribution in [0.4, 0.5) is 11.4 Å². The van der Waals surface area contributed by atoms with Crippen LogP contribution in [-0.2, 0) is 0 Å². The number of hydrogen-bond acceptors (Lipinski definition) is 7. The number of non-ortho nitro benzene ring substituents is 1. The number of para-hydroxylation sites is 1. The highest BCUT2D eigenvalue weighted by atomic mass is 16.6. The standard InChI is InChI=1S/C15H12N6O4/c1-25-14-7-6-10(21(23)24)8-12(14)17-15(22)11-4-2-3-5-13(11)20-9-16-18-19-20/h2-9H,1H3,(H,17,22).